The molecule has 26 heavy (non-hydrogen) atoms. The summed E-state index contributed by atoms with van der Waals surface area (Å²) in [5, 5.41) is 7.12. The summed E-state index contributed by atoms with van der Waals surface area (Å²) in [7, 11) is 3.21. The molecular formula is C19H19ClN4O2. The van der Waals surface area contributed by atoms with E-state index in [1.165, 1.54) is 0 Å². The Hall–Kier alpha value is -2.99. The number of hydrogen-bond acceptors (Lipinski definition) is 6. The molecule has 2 aromatic carbocycles. The highest BCUT2D eigenvalue weighted by atomic mass is 35.5. The minimum atomic E-state index is 0.456. The van der Waals surface area contributed by atoms with Crippen molar-refractivity contribution in [2.45, 2.75) is 6.54 Å². The highest BCUT2D eigenvalue weighted by Crippen LogP contribution is 2.30. The van der Waals surface area contributed by atoms with Crippen LogP contribution >= 0.6 is 11.6 Å². The van der Waals surface area contributed by atoms with Gasteiger partial charge in [0.15, 0.2) is 0 Å². The minimum Gasteiger partial charge on any atom is -0.497 e. The number of nitrogens with one attached hydrogen (secondary N) is 2. The van der Waals surface area contributed by atoms with Gasteiger partial charge in [-0.2, -0.15) is 4.98 Å². The molecule has 0 aliphatic heterocycles. The standard InChI is InChI=1S/C19H19ClN4O2/c1-25-14-7-8-16(17(11-14)26-2)23-19-21-10-9-18(24-19)22-12-13-5-3-4-6-15(13)20/h3-11H,12H2,1-2H3,(H2,21,22,23,24). The van der Waals surface area contributed by atoms with Gasteiger partial charge in [-0.1, -0.05) is 29.8 Å². The first kappa shape index (κ1) is 17.8. The van der Waals surface area contributed by atoms with E-state index in [1.54, 1.807) is 32.5 Å². The van der Waals surface area contributed by atoms with E-state index in [9.17, 15) is 0 Å². The summed E-state index contributed by atoms with van der Waals surface area (Å²) in [6.45, 7) is 0.571. The smallest absolute Gasteiger partial charge is 0.229 e. The zero-order valence-corrected chi connectivity index (χ0v) is 15.2. The van der Waals surface area contributed by atoms with Crippen molar-refractivity contribution in [3.05, 3.63) is 65.3 Å². The van der Waals surface area contributed by atoms with E-state index in [4.69, 9.17) is 21.1 Å². The number of anilines is 3. The van der Waals surface area contributed by atoms with E-state index in [1.807, 2.05) is 36.4 Å². The molecule has 7 heteroatoms. The molecule has 0 atom stereocenters. The number of hydrogen-bond donors (Lipinski definition) is 2. The molecule has 0 amide bonds. The van der Waals surface area contributed by atoms with Gasteiger partial charge in [0.25, 0.3) is 0 Å². The molecule has 0 aliphatic carbocycles. The summed E-state index contributed by atoms with van der Waals surface area (Å²) in [4.78, 5) is 8.72. The third-order valence-electron chi connectivity index (χ3n) is 3.73. The fraction of sp³-hybridized carbons (Fsp3) is 0.158. The van der Waals surface area contributed by atoms with Gasteiger partial charge in [-0.05, 0) is 29.8 Å². The van der Waals surface area contributed by atoms with Crippen molar-refractivity contribution in [1.29, 1.82) is 0 Å². The summed E-state index contributed by atoms with van der Waals surface area (Å²) in [5.41, 5.74) is 1.75. The van der Waals surface area contributed by atoms with E-state index < -0.39 is 0 Å². The van der Waals surface area contributed by atoms with Gasteiger partial charge < -0.3 is 20.1 Å². The maximum atomic E-state index is 6.18. The maximum absolute atomic E-state index is 6.18. The predicted molar refractivity (Wildman–Crippen MR) is 104 cm³/mol. The van der Waals surface area contributed by atoms with Crippen LogP contribution in [-0.2, 0) is 6.54 Å². The zero-order chi connectivity index (χ0) is 18.4. The molecule has 0 saturated heterocycles. The van der Waals surface area contributed by atoms with Gasteiger partial charge in [-0.15, -0.1) is 0 Å². The molecule has 0 aliphatic rings. The van der Waals surface area contributed by atoms with Crippen molar-refractivity contribution in [2.24, 2.45) is 0 Å². The first-order chi connectivity index (χ1) is 12.7. The van der Waals surface area contributed by atoms with Crippen LogP contribution in [0.25, 0.3) is 0 Å². The second-order valence-electron chi connectivity index (χ2n) is 5.40. The first-order valence-corrected chi connectivity index (χ1v) is 8.37. The summed E-state index contributed by atoms with van der Waals surface area (Å²) in [6.07, 6.45) is 1.68. The van der Waals surface area contributed by atoms with Crippen LogP contribution in [0.3, 0.4) is 0 Å². The lowest BCUT2D eigenvalue weighted by atomic mass is 10.2. The van der Waals surface area contributed by atoms with Gasteiger partial charge in [-0.25, -0.2) is 4.98 Å². The average molecular weight is 371 g/mol. The fourth-order valence-corrected chi connectivity index (χ4v) is 2.57. The summed E-state index contributed by atoms with van der Waals surface area (Å²) < 4.78 is 10.6. The zero-order valence-electron chi connectivity index (χ0n) is 14.5. The highest BCUT2D eigenvalue weighted by molar-refractivity contribution is 6.31. The van der Waals surface area contributed by atoms with E-state index in [0.717, 1.165) is 16.3 Å². The molecule has 1 heterocycles. The Balaban J connectivity index is 1.72. The van der Waals surface area contributed by atoms with Crippen LogP contribution in [-0.4, -0.2) is 24.2 Å². The molecule has 0 bridgehead atoms. The van der Waals surface area contributed by atoms with E-state index in [-0.39, 0.29) is 0 Å². The largest absolute Gasteiger partial charge is 0.497 e. The van der Waals surface area contributed by atoms with Crippen LogP contribution in [0.2, 0.25) is 5.02 Å². The summed E-state index contributed by atoms with van der Waals surface area (Å²) in [6, 6.07) is 15.0. The number of nitrogens with zero attached hydrogens (tertiary/aromatic N) is 2. The van der Waals surface area contributed by atoms with Crippen molar-refractivity contribution < 1.29 is 9.47 Å². The molecule has 3 rings (SSSR count). The molecule has 2 N–H and O–H groups in total. The predicted octanol–water partition coefficient (Wildman–Crippen LogP) is 4.50. The van der Waals surface area contributed by atoms with Crippen LogP contribution in [0.4, 0.5) is 17.5 Å². The number of methoxy groups -OCH3 is 2. The highest BCUT2D eigenvalue weighted by Gasteiger charge is 2.08. The quantitative estimate of drug-likeness (QED) is 0.638. The van der Waals surface area contributed by atoms with Gasteiger partial charge in [0, 0.05) is 23.8 Å². The van der Waals surface area contributed by atoms with Crippen LogP contribution in [0.5, 0.6) is 11.5 Å². The Bertz CT molecular complexity index is 889. The third kappa shape index (κ3) is 4.34. The third-order valence-corrected chi connectivity index (χ3v) is 4.10. The summed E-state index contributed by atoms with van der Waals surface area (Å²) in [5.74, 6) is 2.50. The number of ether oxygens (including phenoxy) is 2. The fourth-order valence-electron chi connectivity index (χ4n) is 2.37. The Kier molecular flexibility index (Phi) is 5.76. The maximum Gasteiger partial charge on any atom is 0.229 e. The van der Waals surface area contributed by atoms with Gasteiger partial charge in [0.05, 0.1) is 19.9 Å². The minimum absolute atomic E-state index is 0.456. The number of rotatable bonds is 7. The topological polar surface area (TPSA) is 68.3 Å². The molecule has 0 unspecified atom stereocenters. The van der Waals surface area contributed by atoms with E-state index in [2.05, 4.69) is 20.6 Å². The van der Waals surface area contributed by atoms with Gasteiger partial charge in [0.2, 0.25) is 5.95 Å². The number of halogens is 1. The van der Waals surface area contributed by atoms with Gasteiger partial charge in [0.1, 0.15) is 17.3 Å². The average Bonchev–Trinajstić information content (AvgIpc) is 2.68. The van der Waals surface area contributed by atoms with E-state index >= 15 is 0 Å². The van der Waals surface area contributed by atoms with E-state index in [0.29, 0.717) is 29.8 Å². The second kappa shape index (κ2) is 8.40. The van der Waals surface area contributed by atoms with Crippen molar-refractivity contribution >= 4 is 29.1 Å². The Morgan fingerprint density at radius 3 is 2.65 bits per heavy atom. The first-order valence-electron chi connectivity index (χ1n) is 7.99. The lowest BCUT2D eigenvalue weighted by Crippen LogP contribution is -2.05. The van der Waals surface area contributed by atoms with Crippen LogP contribution in [0.1, 0.15) is 5.56 Å². The SMILES string of the molecule is COc1ccc(Nc2nccc(NCc3ccccc3Cl)n2)c(OC)c1. The number of aromatic nitrogens is 2. The molecule has 0 saturated carbocycles. The van der Waals surface area contributed by atoms with Gasteiger partial charge in [-0.3, -0.25) is 0 Å². The molecule has 3 aromatic rings. The van der Waals surface area contributed by atoms with Crippen LogP contribution < -0.4 is 20.1 Å². The molecule has 0 radical (unpaired) electrons. The second-order valence-corrected chi connectivity index (χ2v) is 5.81. The summed E-state index contributed by atoms with van der Waals surface area (Å²) >= 11 is 6.18. The van der Waals surface area contributed by atoms with Crippen molar-refractivity contribution in [2.75, 3.05) is 24.9 Å². The van der Waals surface area contributed by atoms with Crippen LogP contribution in [0, 0.1) is 0 Å². The van der Waals surface area contributed by atoms with Crippen molar-refractivity contribution in [3.8, 4) is 11.5 Å². The molecule has 6 nitrogen and oxygen atoms in total. The van der Waals surface area contributed by atoms with Crippen LogP contribution in [0.15, 0.2) is 54.7 Å². The molecule has 0 spiro atoms. The van der Waals surface area contributed by atoms with Gasteiger partial charge >= 0.3 is 0 Å². The lowest BCUT2D eigenvalue weighted by molar-refractivity contribution is 0.395. The number of benzene rings is 2. The monoisotopic (exact) mass is 370 g/mol. The molecule has 1 aromatic heterocycles. The van der Waals surface area contributed by atoms with Crippen molar-refractivity contribution in [1.82, 2.24) is 9.97 Å². The molecule has 134 valence electrons. The molecular weight excluding hydrogens is 352 g/mol. The Morgan fingerprint density at radius 1 is 1.04 bits per heavy atom. The molecule has 0 fully saturated rings. The Morgan fingerprint density at radius 2 is 1.88 bits per heavy atom. The lowest BCUT2D eigenvalue weighted by Gasteiger charge is -2.12. The van der Waals surface area contributed by atoms with Crippen molar-refractivity contribution in [3.63, 3.8) is 0 Å². The Labute approximate surface area is 157 Å². The normalized spacial score (nSPS) is 10.3.